The molecular formula is C19H23N5O2. The van der Waals surface area contributed by atoms with Crippen molar-refractivity contribution in [1.82, 2.24) is 15.0 Å². The molecule has 0 radical (unpaired) electrons. The van der Waals surface area contributed by atoms with Gasteiger partial charge < -0.3 is 4.90 Å². The lowest BCUT2D eigenvalue weighted by molar-refractivity contribution is 0.0952. The predicted octanol–water partition coefficient (Wildman–Crippen LogP) is 1.80. The van der Waals surface area contributed by atoms with Crippen molar-refractivity contribution in [3.05, 3.63) is 57.8 Å². The van der Waals surface area contributed by atoms with Crippen molar-refractivity contribution in [1.29, 1.82) is 0 Å². The minimum Gasteiger partial charge on any atom is -0.378 e. The summed E-state index contributed by atoms with van der Waals surface area (Å²) in [5, 5.41) is 3.95. The van der Waals surface area contributed by atoms with Crippen molar-refractivity contribution in [3.63, 3.8) is 0 Å². The summed E-state index contributed by atoms with van der Waals surface area (Å²) in [4.78, 5) is 31.1. The molecule has 0 saturated heterocycles. The molecule has 1 aliphatic rings. The molecule has 7 heteroatoms. The summed E-state index contributed by atoms with van der Waals surface area (Å²) in [7, 11) is 3.94. The van der Waals surface area contributed by atoms with E-state index in [-0.39, 0.29) is 11.1 Å². The third kappa shape index (κ3) is 3.99. The molecule has 2 heterocycles. The minimum absolute atomic E-state index is 0.0238. The molecule has 0 spiro atoms. The number of amides is 1. The van der Waals surface area contributed by atoms with E-state index in [4.69, 9.17) is 0 Å². The van der Waals surface area contributed by atoms with Crippen LogP contribution in [0.3, 0.4) is 0 Å². The van der Waals surface area contributed by atoms with Gasteiger partial charge in [0.05, 0.1) is 6.21 Å². The molecule has 3 rings (SSSR count). The number of carbonyl (C=O) groups excluding carboxylic acids is 1. The summed E-state index contributed by atoms with van der Waals surface area (Å²) in [6.07, 6.45) is 6.71. The Kier molecular flexibility index (Phi) is 5.46. The lowest BCUT2D eigenvalue weighted by Crippen LogP contribution is -2.33. The van der Waals surface area contributed by atoms with E-state index < -0.39 is 5.91 Å². The maximum absolute atomic E-state index is 12.5. The van der Waals surface area contributed by atoms with Crippen LogP contribution in [0.5, 0.6) is 0 Å². The smallest absolute Gasteiger partial charge is 0.278 e. The molecule has 0 aliphatic carbocycles. The third-order valence-corrected chi connectivity index (χ3v) is 4.45. The number of nitrogens with one attached hydrogen (secondary N) is 1. The van der Waals surface area contributed by atoms with Crippen molar-refractivity contribution in [2.24, 2.45) is 5.10 Å². The SMILES string of the molecule is CN(C)c1ccc(/C=N/NC(=O)c2cnc3n(c2=O)CCCCC3)cc1. The Bertz CT molecular complexity index is 868. The topological polar surface area (TPSA) is 79.6 Å². The van der Waals surface area contributed by atoms with E-state index in [1.54, 1.807) is 10.8 Å². The van der Waals surface area contributed by atoms with Gasteiger partial charge in [0.25, 0.3) is 11.5 Å². The van der Waals surface area contributed by atoms with Crippen molar-refractivity contribution in [2.75, 3.05) is 19.0 Å². The number of aryl methyl sites for hydroxylation is 1. The Hall–Kier alpha value is -2.96. The van der Waals surface area contributed by atoms with Gasteiger partial charge in [-0.15, -0.1) is 0 Å². The molecule has 7 nitrogen and oxygen atoms in total. The van der Waals surface area contributed by atoms with Gasteiger partial charge in [0, 0.05) is 38.9 Å². The monoisotopic (exact) mass is 353 g/mol. The first kappa shape index (κ1) is 17.8. The van der Waals surface area contributed by atoms with E-state index in [9.17, 15) is 9.59 Å². The Labute approximate surface area is 152 Å². The number of rotatable bonds is 4. The van der Waals surface area contributed by atoms with E-state index in [0.29, 0.717) is 6.54 Å². The van der Waals surface area contributed by atoms with Gasteiger partial charge in [0.2, 0.25) is 0 Å². The van der Waals surface area contributed by atoms with Gasteiger partial charge in [-0.2, -0.15) is 5.10 Å². The Morgan fingerprint density at radius 1 is 1.23 bits per heavy atom. The molecule has 0 fully saturated rings. The van der Waals surface area contributed by atoms with Gasteiger partial charge in [0.15, 0.2) is 0 Å². The number of hydrogen-bond acceptors (Lipinski definition) is 5. The van der Waals surface area contributed by atoms with Crippen molar-refractivity contribution < 1.29 is 4.79 Å². The molecule has 2 aromatic rings. The zero-order chi connectivity index (χ0) is 18.5. The predicted molar refractivity (Wildman–Crippen MR) is 102 cm³/mol. The first-order valence-electron chi connectivity index (χ1n) is 8.76. The van der Waals surface area contributed by atoms with Crippen LogP contribution in [-0.2, 0) is 13.0 Å². The zero-order valence-corrected chi connectivity index (χ0v) is 15.1. The van der Waals surface area contributed by atoms with E-state index in [2.05, 4.69) is 15.5 Å². The molecule has 0 bridgehead atoms. The molecule has 26 heavy (non-hydrogen) atoms. The maximum atomic E-state index is 12.5. The molecule has 136 valence electrons. The van der Waals surface area contributed by atoms with Crippen LogP contribution < -0.4 is 15.9 Å². The first-order valence-corrected chi connectivity index (χ1v) is 8.76. The highest BCUT2D eigenvalue weighted by Crippen LogP contribution is 2.11. The lowest BCUT2D eigenvalue weighted by atomic mass is 10.2. The molecular weight excluding hydrogens is 330 g/mol. The van der Waals surface area contributed by atoms with Crippen LogP contribution in [0.2, 0.25) is 0 Å². The number of aromatic nitrogens is 2. The maximum Gasteiger partial charge on any atom is 0.278 e. The van der Waals surface area contributed by atoms with Gasteiger partial charge in [-0.05, 0) is 30.5 Å². The summed E-state index contributed by atoms with van der Waals surface area (Å²) in [5.74, 6) is 0.219. The zero-order valence-electron chi connectivity index (χ0n) is 15.1. The van der Waals surface area contributed by atoms with E-state index in [1.165, 1.54) is 6.20 Å². The quantitative estimate of drug-likeness (QED) is 0.671. The highest BCUT2D eigenvalue weighted by atomic mass is 16.2. The van der Waals surface area contributed by atoms with Gasteiger partial charge in [-0.3, -0.25) is 14.2 Å². The molecule has 1 aromatic carbocycles. The Morgan fingerprint density at radius 3 is 2.73 bits per heavy atom. The molecule has 0 unspecified atom stereocenters. The standard InChI is InChI=1S/C19H23N5O2/c1-23(2)15-9-7-14(8-10-15)12-21-22-18(25)16-13-20-17-6-4-3-5-11-24(17)19(16)26/h7-10,12-13H,3-6,11H2,1-2H3,(H,22,25)/b21-12+. The van der Waals surface area contributed by atoms with Crippen molar-refractivity contribution >= 4 is 17.8 Å². The normalized spacial score (nSPS) is 13.9. The van der Waals surface area contributed by atoms with Crippen molar-refractivity contribution in [2.45, 2.75) is 32.2 Å². The summed E-state index contributed by atoms with van der Waals surface area (Å²) in [5.41, 5.74) is 4.08. The summed E-state index contributed by atoms with van der Waals surface area (Å²) in [6.45, 7) is 0.615. The number of fused-ring (bicyclic) bond motifs is 1. The highest BCUT2D eigenvalue weighted by Gasteiger charge is 2.17. The van der Waals surface area contributed by atoms with Crippen LogP contribution in [0.25, 0.3) is 0 Å². The number of hydrogen-bond donors (Lipinski definition) is 1. The largest absolute Gasteiger partial charge is 0.378 e. The van der Waals surface area contributed by atoms with Gasteiger partial charge >= 0.3 is 0 Å². The summed E-state index contributed by atoms with van der Waals surface area (Å²) >= 11 is 0. The number of hydrazone groups is 1. The second-order valence-corrected chi connectivity index (χ2v) is 6.54. The molecule has 0 saturated carbocycles. The van der Waals surface area contributed by atoms with Crippen LogP contribution in [0.1, 0.15) is 41.0 Å². The fourth-order valence-electron chi connectivity index (χ4n) is 2.93. The number of anilines is 1. The first-order chi connectivity index (χ1) is 12.6. The lowest BCUT2D eigenvalue weighted by Gasteiger charge is -2.11. The average Bonchev–Trinajstić information content (AvgIpc) is 2.88. The van der Waals surface area contributed by atoms with Gasteiger partial charge in [-0.25, -0.2) is 10.4 Å². The summed E-state index contributed by atoms with van der Waals surface area (Å²) < 4.78 is 1.62. The van der Waals surface area contributed by atoms with Crippen LogP contribution in [0, 0.1) is 0 Å². The minimum atomic E-state index is -0.539. The number of benzene rings is 1. The van der Waals surface area contributed by atoms with Crippen LogP contribution in [-0.4, -0.2) is 35.8 Å². The molecule has 1 aromatic heterocycles. The van der Waals surface area contributed by atoms with E-state index >= 15 is 0 Å². The van der Waals surface area contributed by atoms with Crippen LogP contribution in [0.4, 0.5) is 5.69 Å². The van der Waals surface area contributed by atoms with E-state index in [1.807, 2.05) is 43.3 Å². The fourth-order valence-corrected chi connectivity index (χ4v) is 2.93. The number of carbonyl (C=O) groups is 1. The van der Waals surface area contributed by atoms with Crippen LogP contribution >= 0.6 is 0 Å². The molecule has 1 N–H and O–H groups in total. The van der Waals surface area contributed by atoms with E-state index in [0.717, 1.165) is 42.8 Å². The molecule has 0 atom stereocenters. The molecule has 1 aliphatic heterocycles. The van der Waals surface area contributed by atoms with Gasteiger partial charge in [-0.1, -0.05) is 18.6 Å². The number of nitrogens with zero attached hydrogens (tertiary/aromatic N) is 4. The summed E-state index contributed by atoms with van der Waals surface area (Å²) in [6, 6.07) is 7.74. The van der Waals surface area contributed by atoms with Crippen LogP contribution in [0.15, 0.2) is 40.4 Å². The van der Waals surface area contributed by atoms with Crippen molar-refractivity contribution in [3.8, 4) is 0 Å². The second-order valence-electron chi connectivity index (χ2n) is 6.54. The average molecular weight is 353 g/mol. The Balaban J connectivity index is 1.70. The molecule has 1 amide bonds. The third-order valence-electron chi connectivity index (χ3n) is 4.45. The second kappa shape index (κ2) is 7.95. The fraction of sp³-hybridized carbons (Fsp3) is 0.368. The van der Waals surface area contributed by atoms with Gasteiger partial charge in [0.1, 0.15) is 11.4 Å². The Morgan fingerprint density at radius 2 is 2.00 bits per heavy atom. The highest BCUT2D eigenvalue weighted by molar-refractivity contribution is 5.94.